The fourth-order valence-corrected chi connectivity index (χ4v) is 4.69. The van der Waals surface area contributed by atoms with Crippen molar-refractivity contribution in [3.63, 3.8) is 0 Å². The molecule has 0 bridgehead atoms. The first-order chi connectivity index (χ1) is 12.7. The van der Waals surface area contributed by atoms with E-state index in [1.165, 1.54) is 42.7 Å². The van der Waals surface area contributed by atoms with Crippen LogP contribution in [0, 0.1) is 5.82 Å². The molecule has 6 heteroatoms. The van der Waals surface area contributed by atoms with Crippen LogP contribution in [0.5, 0.6) is 0 Å². The third-order valence-electron chi connectivity index (χ3n) is 5.89. The van der Waals surface area contributed by atoms with Crippen molar-refractivity contribution in [3.05, 3.63) is 65.5 Å². The molecule has 1 aliphatic carbocycles. The highest BCUT2D eigenvalue weighted by Crippen LogP contribution is 2.44. The summed E-state index contributed by atoms with van der Waals surface area (Å²) in [5, 5.41) is 11.9. The molecule has 1 unspecified atom stereocenters. The standard InChI is InChI=1S/C20H22FN5/c21-17-3-1-4-18(9-17)26-13-15(10-23-26)12-25-8-2-6-20(14-25)7-5-16-11-22-24-19(16)20/h1,3-4,9-11,13H,2,5-8,12,14H2,(H,22,24). The Morgan fingerprint density at radius 2 is 2.19 bits per heavy atom. The second-order valence-corrected chi connectivity index (χ2v) is 7.64. The quantitative estimate of drug-likeness (QED) is 0.788. The molecule has 2 aromatic heterocycles. The second kappa shape index (κ2) is 6.06. The van der Waals surface area contributed by atoms with Gasteiger partial charge in [-0.3, -0.25) is 10.00 Å². The van der Waals surface area contributed by atoms with E-state index in [4.69, 9.17) is 0 Å². The zero-order valence-electron chi connectivity index (χ0n) is 14.7. The number of hydrogen-bond donors (Lipinski definition) is 1. The molecule has 1 aliphatic heterocycles. The first-order valence-corrected chi connectivity index (χ1v) is 9.26. The molecule has 0 radical (unpaired) electrons. The van der Waals surface area contributed by atoms with Gasteiger partial charge < -0.3 is 0 Å². The van der Waals surface area contributed by atoms with E-state index in [-0.39, 0.29) is 11.2 Å². The molecule has 0 amide bonds. The van der Waals surface area contributed by atoms with Gasteiger partial charge in [0.05, 0.1) is 18.1 Å². The minimum atomic E-state index is -0.242. The van der Waals surface area contributed by atoms with Gasteiger partial charge in [0, 0.05) is 36.0 Å². The molecule has 1 spiro atoms. The maximum atomic E-state index is 13.4. The number of benzene rings is 1. The number of piperidine rings is 1. The number of H-pyrrole nitrogens is 1. The molecule has 1 fully saturated rings. The van der Waals surface area contributed by atoms with Crippen LogP contribution in [0.1, 0.15) is 36.1 Å². The van der Waals surface area contributed by atoms with Crippen LogP contribution >= 0.6 is 0 Å². The summed E-state index contributed by atoms with van der Waals surface area (Å²) in [6.45, 7) is 3.05. The van der Waals surface area contributed by atoms with Gasteiger partial charge in [-0.2, -0.15) is 10.2 Å². The Labute approximate surface area is 151 Å². The monoisotopic (exact) mass is 351 g/mol. The predicted octanol–water partition coefficient (Wildman–Crippen LogP) is 3.21. The molecule has 1 atom stereocenters. The molecule has 5 nitrogen and oxygen atoms in total. The summed E-state index contributed by atoms with van der Waals surface area (Å²) in [5.74, 6) is -0.242. The number of hydrogen-bond acceptors (Lipinski definition) is 3. The topological polar surface area (TPSA) is 49.7 Å². The summed E-state index contributed by atoms with van der Waals surface area (Å²) < 4.78 is 15.2. The third-order valence-corrected chi connectivity index (χ3v) is 5.89. The highest BCUT2D eigenvalue weighted by atomic mass is 19.1. The number of halogens is 1. The Morgan fingerprint density at radius 1 is 1.23 bits per heavy atom. The van der Waals surface area contributed by atoms with E-state index >= 15 is 0 Å². The van der Waals surface area contributed by atoms with Crippen molar-refractivity contribution < 1.29 is 4.39 Å². The molecule has 3 heterocycles. The van der Waals surface area contributed by atoms with Crippen LogP contribution in [-0.4, -0.2) is 38.0 Å². The van der Waals surface area contributed by atoms with Crippen molar-refractivity contribution >= 4 is 0 Å². The lowest BCUT2D eigenvalue weighted by atomic mass is 9.77. The zero-order chi connectivity index (χ0) is 17.6. The average Bonchev–Trinajstić information content (AvgIpc) is 3.35. The summed E-state index contributed by atoms with van der Waals surface area (Å²) in [5.41, 5.74) is 4.91. The number of likely N-dealkylation sites (tertiary alicyclic amines) is 1. The predicted molar refractivity (Wildman–Crippen MR) is 96.6 cm³/mol. The Kier molecular flexibility index (Phi) is 3.67. The Bertz CT molecular complexity index is 930. The molecule has 0 saturated carbocycles. The molecule has 134 valence electrons. The number of aryl methyl sites for hydroxylation is 1. The van der Waals surface area contributed by atoms with E-state index in [1.54, 1.807) is 10.7 Å². The molecule has 3 aromatic rings. The third kappa shape index (κ3) is 2.65. The van der Waals surface area contributed by atoms with Crippen LogP contribution in [0.25, 0.3) is 5.69 Å². The lowest BCUT2D eigenvalue weighted by molar-refractivity contribution is 0.136. The minimum absolute atomic E-state index is 0.239. The normalized spacial score (nSPS) is 22.8. The molecule has 1 N–H and O–H groups in total. The minimum Gasteiger partial charge on any atom is -0.298 e. The Morgan fingerprint density at radius 3 is 3.12 bits per heavy atom. The van der Waals surface area contributed by atoms with Crippen molar-refractivity contribution in [2.45, 2.75) is 37.6 Å². The van der Waals surface area contributed by atoms with Crippen LogP contribution in [0.4, 0.5) is 4.39 Å². The van der Waals surface area contributed by atoms with Crippen molar-refractivity contribution in [1.82, 2.24) is 24.9 Å². The van der Waals surface area contributed by atoms with E-state index in [0.29, 0.717) is 0 Å². The van der Waals surface area contributed by atoms with Gasteiger partial charge in [-0.1, -0.05) is 6.07 Å². The molecule has 5 rings (SSSR count). The number of aromatic amines is 1. The average molecular weight is 351 g/mol. The lowest BCUT2D eigenvalue weighted by Crippen LogP contribution is -2.44. The van der Waals surface area contributed by atoms with Gasteiger partial charge in [0.2, 0.25) is 0 Å². The summed E-state index contributed by atoms with van der Waals surface area (Å²) in [6.07, 6.45) is 10.7. The fourth-order valence-electron chi connectivity index (χ4n) is 4.69. The zero-order valence-corrected chi connectivity index (χ0v) is 14.7. The Balaban J connectivity index is 1.33. The smallest absolute Gasteiger partial charge is 0.125 e. The highest BCUT2D eigenvalue weighted by Gasteiger charge is 2.43. The van der Waals surface area contributed by atoms with Crippen LogP contribution in [0.2, 0.25) is 0 Å². The van der Waals surface area contributed by atoms with Crippen LogP contribution < -0.4 is 0 Å². The lowest BCUT2D eigenvalue weighted by Gasteiger charge is -2.40. The van der Waals surface area contributed by atoms with Gasteiger partial charge in [-0.25, -0.2) is 9.07 Å². The first kappa shape index (κ1) is 15.8. The van der Waals surface area contributed by atoms with Crippen molar-refractivity contribution in [3.8, 4) is 5.69 Å². The number of nitrogens with zero attached hydrogens (tertiary/aromatic N) is 4. The van der Waals surface area contributed by atoms with E-state index in [2.05, 4.69) is 20.2 Å². The number of nitrogens with one attached hydrogen (secondary N) is 1. The fraction of sp³-hybridized carbons (Fsp3) is 0.400. The summed E-state index contributed by atoms with van der Waals surface area (Å²) in [6, 6.07) is 6.54. The van der Waals surface area contributed by atoms with Gasteiger partial charge in [0.1, 0.15) is 5.82 Å². The van der Waals surface area contributed by atoms with Gasteiger partial charge in [0.25, 0.3) is 0 Å². The maximum Gasteiger partial charge on any atom is 0.125 e. The van der Waals surface area contributed by atoms with Gasteiger partial charge in [-0.05, 0) is 56.0 Å². The molecule has 1 aromatic carbocycles. The van der Waals surface area contributed by atoms with E-state index in [9.17, 15) is 4.39 Å². The van der Waals surface area contributed by atoms with Crippen LogP contribution in [0.15, 0.2) is 42.9 Å². The number of fused-ring (bicyclic) bond motifs is 2. The second-order valence-electron chi connectivity index (χ2n) is 7.64. The SMILES string of the molecule is Fc1cccc(-n2cc(CN3CCCC4(CCc5cn[nH]c54)C3)cn2)c1. The molecule has 2 aliphatic rings. The van der Waals surface area contributed by atoms with Gasteiger partial charge in [-0.15, -0.1) is 0 Å². The van der Waals surface area contributed by atoms with Crippen LogP contribution in [0.3, 0.4) is 0 Å². The van der Waals surface area contributed by atoms with Crippen molar-refractivity contribution in [2.24, 2.45) is 0 Å². The van der Waals surface area contributed by atoms with E-state index < -0.39 is 0 Å². The number of aromatic nitrogens is 4. The molecule has 1 saturated heterocycles. The number of rotatable bonds is 3. The van der Waals surface area contributed by atoms with Gasteiger partial charge in [0.15, 0.2) is 0 Å². The molecular weight excluding hydrogens is 329 g/mol. The van der Waals surface area contributed by atoms with Crippen molar-refractivity contribution in [1.29, 1.82) is 0 Å². The Hall–Kier alpha value is -2.47. The van der Waals surface area contributed by atoms with Crippen molar-refractivity contribution in [2.75, 3.05) is 13.1 Å². The maximum absolute atomic E-state index is 13.4. The highest BCUT2D eigenvalue weighted by molar-refractivity contribution is 5.34. The summed E-state index contributed by atoms with van der Waals surface area (Å²) in [7, 11) is 0. The summed E-state index contributed by atoms with van der Waals surface area (Å²) in [4.78, 5) is 2.52. The summed E-state index contributed by atoms with van der Waals surface area (Å²) >= 11 is 0. The first-order valence-electron chi connectivity index (χ1n) is 9.26. The molecule has 26 heavy (non-hydrogen) atoms. The van der Waals surface area contributed by atoms with E-state index in [0.717, 1.165) is 37.3 Å². The largest absolute Gasteiger partial charge is 0.298 e. The van der Waals surface area contributed by atoms with Crippen LogP contribution in [-0.2, 0) is 18.4 Å². The molecular formula is C20H22FN5. The van der Waals surface area contributed by atoms with E-state index in [1.807, 2.05) is 24.7 Å². The van der Waals surface area contributed by atoms with Gasteiger partial charge >= 0.3 is 0 Å².